The minimum atomic E-state index is 0.0776. The molecule has 1 aromatic carbocycles. The van der Waals surface area contributed by atoms with Crippen molar-refractivity contribution in [3.8, 4) is 17.0 Å². The van der Waals surface area contributed by atoms with Gasteiger partial charge in [0.2, 0.25) is 0 Å². The van der Waals surface area contributed by atoms with Crippen LogP contribution in [0.1, 0.15) is 25.0 Å². The molecule has 2 aliphatic rings. The summed E-state index contributed by atoms with van der Waals surface area (Å²) in [5, 5.41) is 3.44. The van der Waals surface area contributed by atoms with Gasteiger partial charge in [0, 0.05) is 61.5 Å². The number of aromatic nitrogens is 3. The predicted molar refractivity (Wildman–Crippen MR) is 132 cm³/mol. The number of nitrogens with one attached hydrogen (secondary N) is 1. The van der Waals surface area contributed by atoms with Crippen molar-refractivity contribution in [3.63, 3.8) is 0 Å². The summed E-state index contributed by atoms with van der Waals surface area (Å²) in [4.78, 5) is 18.2. The van der Waals surface area contributed by atoms with E-state index in [0.29, 0.717) is 0 Å². The molecule has 172 valence electrons. The number of ether oxygens (including phenoxy) is 1. The molecule has 1 N–H and O–H groups in total. The van der Waals surface area contributed by atoms with Crippen LogP contribution in [0.3, 0.4) is 0 Å². The van der Waals surface area contributed by atoms with Crippen LogP contribution in [0.4, 0.5) is 11.6 Å². The summed E-state index contributed by atoms with van der Waals surface area (Å²) in [7, 11) is 2.16. The number of pyridine rings is 1. The highest BCUT2D eigenvalue weighted by atomic mass is 16.5. The Kier molecular flexibility index (Phi) is 5.89. The Labute approximate surface area is 195 Å². The Hall–Kier alpha value is -3.19. The summed E-state index contributed by atoms with van der Waals surface area (Å²) in [6, 6.07) is 12.6. The van der Waals surface area contributed by atoms with E-state index in [1.807, 2.05) is 12.3 Å². The number of hydrogen-bond donors (Lipinski definition) is 1. The van der Waals surface area contributed by atoms with Crippen molar-refractivity contribution < 1.29 is 4.74 Å². The van der Waals surface area contributed by atoms with E-state index in [4.69, 9.17) is 9.72 Å². The molecule has 0 radical (unpaired) electrons. The monoisotopic (exact) mass is 444 g/mol. The maximum atomic E-state index is 6.02. The summed E-state index contributed by atoms with van der Waals surface area (Å²) in [5.41, 5.74) is 4.49. The lowest BCUT2D eigenvalue weighted by Crippen LogP contribution is -2.44. The number of rotatable bonds is 6. The molecule has 7 heteroatoms. The zero-order valence-corrected chi connectivity index (χ0v) is 19.7. The normalized spacial score (nSPS) is 17.5. The van der Waals surface area contributed by atoms with Crippen LogP contribution in [-0.2, 0) is 11.8 Å². The highest BCUT2D eigenvalue weighted by Crippen LogP contribution is 2.40. The van der Waals surface area contributed by atoms with Gasteiger partial charge in [0.05, 0.1) is 12.3 Å². The molecule has 2 aliphatic heterocycles. The summed E-state index contributed by atoms with van der Waals surface area (Å²) < 4.78 is 6.02. The lowest BCUT2D eigenvalue weighted by Gasteiger charge is -2.33. The Morgan fingerprint density at radius 1 is 1.03 bits per heavy atom. The quantitative estimate of drug-likeness (QED) is 0.623. The zero-order chi connectivity index (χ0) is 22.8. The molecule has 0 atom stereocenters. The molecule has 7 nitrogen and oxygen atoms in total. The number of nitrogens with zero attached hydrogens (tertiary/aromatic N) is 5. The van der Waals surface area contributed by atoms with E-state index in [1.165, 1.54) is 11.1 Å². The second kappa shape index (κ2) is 8.98. The van der Waals surface area contributed by atoms with Crippen LogP contribution in [0.5, 0.6) is 5.75 Å². The zero-order valence-electron chi connectivity index (χ0n) is 19.7. The third-order valence-corrected chi connectivity index (χ3v) is 6.64. The molecule has 0 amide bonds. The minimum absolute atomic E-state index is 0.0776. The van der Waals surface area contributed by atoms with Gasteiger partial charge in [-0.2, -0.15) is 0 Å². The number of likely N-dealkylation sites (N-methyl/N-ethyl adjacent to an activating group) is 1. The van der Waals surface area contributed by atoms with Gasteiger partial charge in [0.25, 0.3) is 0 Å². The fourth-order valence-corrected chi connectivity index (χ4v) is 4.51. The molecule has 1 fully saturated rings. The molecular weight excluding hydrogens is 412 g/mol. The van der Waals surface area contributed by atoms with Crippen LogP contribution < -0.4 is 15.0 Å². The second-order valence-electron chi connectivity index (χ2n) is 9.63. The Bertz CT molecular complexity index is 1110. The third kappa shape index (κ3) is 4.64. The van der Waals surface area contributed by atoms with Crippen molar-refractivity contribution in [2.45, 2.75) is 25.7 Å². The first-order chi connectivity index (χ1) is 16.0. The lowest BCUT2D eigenvalue weighted by molar-refractivity contribution is 0.289. The summed E-state index contributed by atoms with van der Waals surface area (Å²) in [6.07, 6.45) is 4.39. The Balaban J connectivity index is 1.22. The summed E-state index contributed by atoms with van der Waals surface area (Å²) in [5.74, 6) is 2.90. The molecule has 1 saturated heterocycles. The number of fused-ring (bicyclic) bond motifs is 1. The molecule has 0 saturated carbocycles. The standard InChI is InChI=1S/C26H32N6O/c1-26(2)17-33-25-19(5-4-6-21(25)26)9-10-27-23-15-22(29-18-30-23)20-7-8-24(28-16-20)32-13-11-31(3)12-14-32/h4-8,15-16,18H,9-14,17H2,1-3H3,(H,27,29,30). The largest absolute Gasteiger partial charge is 0.492 e. The summed E-state index contributed by atoms with van der Waals surface area (Å²) in [6.45, 7) is 10.1. The van der Waals surface area contributed by atoms with Gasteiger partial charge in [-0.05, 0) is 31.2 Å². The van der Waals surface area contributed by atoms with E-state index in [2.05, 4.69) is 76.3 Å². The van der Waals surface area contributed by atoms with Crippen molar-refractivity contribution in [1.82, 2.24) is 19.9 Å². The van der Waals surface area contributed by atoms with Crippen LogP contribution in [-0.4, -0.2) is 66.2 Å². The summed E-state index contributed by atoms with van der Waals surface area (Å²) >= 11 is 0. The third-order valence-electron chi connectivity index (χ3n) is 6.64. The highest BCUT2D eigenvalue weighted by Gasteiger charge is 2.32. The van der Waals surface area contributed by atoms with E-state index in [1.54, 1.807) is 6.33 Å². The van der Waals surface area contributed by atoms with Crippen molar-refractivity contribution >= 4 is 11.6 Å². The smallest absolute Gasteiger partial charge is 0.129 e. The van der Waals surface area contributed by atoms with Crippen molar-refractivity contribution in [2.75, 3.05) is 56.6 Å². The van der Waals surface area contributed by atoms with E-state index < -0.39 is 0 Å². The number of piperazine rings is 1. The maximum Gasteiger partial charge on any atom is 0.129 e. The Morgan fingerprint density at radius 2 is 1.88 bits per heavy atom. The van der Waals surface area contributed by atoms with E-state index in [-0.39, 0.29) is 5.41 Å². The van der Waals surface area contributed by atoms with Crippen molar-refractivity contribution in [2.24, 2.45) is 0 Å². The van der Waals surface area contributed by atoms with Crippen LogP contribution in [0, 0.1) is 0 Å². The van der Waals surface area contributed by atoms with Gasteiger partial charge in [0.15, 0.2) is 0 Å². The van der Waals surface area contributed by atoms with Gasteiger partial charge in [0.1, 0.15) is 23.7 Å². The lowest BCUT2D eigenvalue weighted by atomic mass is 9.86. The average Bonchev–Trinajstić information content (AvgIpc) is 3.15. The molecule has 0 aliphatic carbocycles. The van der Waals surface area contributed by atoms with E-state index in [0.717, 1.165) is 74.4 Å². The van der Waals surface area contributed by atoms with Crippen LogP contribution >= 0.6 is 0 Å². The second-order valence-corrected chi connectivity index (χ2v) is 9.63. The Morgan fingerprint density at radius 3 is 2.67 bits per heavy atom. The number of benzene rings is 1. The molecule has 4 heterocycles. The minimum Gasteiger partial charge on any atom is -0.492 e. The fraction of sp³-hybridized carbons (Fsp3) is 0.423. The molecule has 5 rings (SSSR count). The number of anilines is 2. The molecule has 0 bridgehead atoms. The molecule has 2 aromatic heterocycles. The van der Waals surface area contributed by atoms with Gasteiger partial charge in [-0.15, -0.1) is 0 Å². The van der Waals surface area contributed by atoms with Gasteiger partial charge in [-0.3, -0.25) is 0 Å². The first-order valence-corrected chi connectivity index (χ1v) is 11.7. The molecular formula is C26H32N6O. The van der Waals surface area contributed by atoms with Crippen LogP contribution in [0.25, 0.3) is 11.3 Å². The first-order valence-electron chi connectivity index (χ1n) is 11.7. The van der Waals surface area contributed by atoms with Gasteiger partial charge in [-0.1, -0.05) is 32.0 Å². The average molecular weight is 445 g/mol. The molecule has 3 aromatic rings. The topological polar surface area (TPSA) is 66.4 Å². The number of para-hydroxylation sites is 1. The predicted octanol–water partition coefficient (Wildman–Crippen LogP) is 3.62. The van der Waals surface area contributed by atoms with E-state index >= 15 is 0 Å². The maximum absolute atomic E-state index is 6.02. The van der Waals surface area contributed by atoms with Crippen LogP contribution in [0.2, 0.25) is 0 Å². The van der Waals surface area contributed by atoms with Crippen molar-refractivity contribution in [1.29, 1.82) is 0 Å². The fourth-order valence-electron chi connectivity index (χ4n) is 4.51. The van der Waals surface area contributed by atoms with Gasteiger partial charge >= 0.3 is 0 Å². The highest BCUT2D eigenvalue weighted by molar-refractivity contribution is 5.63. The van der Waals surface area contributed by atoms with Gasteiger partial charge < -0.3 is 19.9 Å². The van der Waals surface area contributed by atoms with Gasteiger partial charge in [-0.25, -0.2) is 15.0 Å². The molecule has 0 unspecified atom stereocenters. The van der Waals surface area contributed by atoms with Crippen molar-refractivity contribution in [3.05, 3.63) is 60.0 Å². The number of hydrogen-bond acceptors (Lipinski definition) is 7. The van der Waals surface area contributed by atoms with Crippen LogP contribution in [0.15, 0.2) is 48.9 Å². The van der Waals surface area contributed by atoms with E-state index in [9.17, 15) is 0 Å². The first kappa shape index (κ1) is 21.6. The molecule has 0 spiro atoms. The molecule has 33 heavy (non-hydrogen) atoms. The SMILES string of the molecule is CN1CCN(c2ccc(-c3cc(NCCc4cccc5c4OCC5(C)C)ncn3)cn2)CC1.